The van der Waals surface area contributed by atoms with Crippen molar-refractivity contribution < 1.29 is 4.39 Å². The Kier molecular flexibility index (Phi) is 4.45. The quantitative estimate of drug-likeness (QED) is 0.408. The number of halogens is 1. The first-order valence-electron chi connectivity index (χ1n) is 8.74. The molecule has 6 heteroatoms. The molecule has 138 valence electrons. The average molecular weight is 371 g/mol. The van der Waals surface area contributed by atoms with Gasteiger partial charge in [0.1, 0.15) is 11.6 Å². The molecule has 0 bridgehead atoms. The van der Waals surface area contributed by atoms with Crippen LogP contribution in [0.1, 0.15) is 0 Å². The monoisotopic (exact) mass is 371 g/mol. The molecule has 0 aliphatic heterocycles. The molecule has 0 radical (unpaired) electrons. The van der Waals surface area contributed by atoms with Crippen molar-refractivity contribution in [2.24, 2.45) is 0 Å². The SMILES string of the molecule is CN(c1ccccc1)c1nc(=N)n(C=N)c2cc(-c3ccc(F)cc3)ccc12. The summed E-state index contributed by atoms with van der Waals surface area (Å²) in [5, 5.41) is 16.8. The summed E-state index contributed by atoms with van der Waals surface area (Å²) in [5.74, 6) is 0.346. The highest BCUT2D eigenvalue weighted by Gasteiger charge is 2.14. The van der Waals surface area contributed by atoms with Crippen LogP contribution in [-0.2, 0) is 0 Å². The molecule has 28 heavy (non-hydrogen) atoms. The van der Waals surface area contributed by atoms with Gasteiger partial charge in [0.15, 0.2) is 0 Å². The summed E-state index contributed by atoms with van der Waals surface area (Å²) in [4.78, 5) is 6.34. The van der Waals surface area contributed by atoms with Gasteiger partial charge in [0.05, 0.1) is 11.9 Å². The minimum atomic E-state index is -0.288. The van der Waals surface area contributed by atoms with Gasteiger partial charge in [-0.1, -0.05) is 36.4 Å². The van der Waals surface area contributed by atoms with Crippen molar-refractivity contribution in [1.82, 2.24) is 9.55 Å². The molecule has 0 aliphatic carbocycles. The van der Waals surface area contributed by atoms with Crippen LogP contribution in [0.25, 0.3) is 22.0 Å². The number of nitrogens with one attached hydrogen (secondary N) is 2. The minimum Gasteiger partial charge on any atom is -0.329 e. The van der Waals surface area contributed by atoms with Gasteiger partial charge in [-0.15, -0.1) is 0 Å². The summed E-state index contributed by atoms with van der Waals surface area (Å²) in [5.41, 5.74) is 3.35. The van der Waals surface area contributed by atoms with Crippen molar-refractivity contribution in [3.63, 3.8) is 0 Å². The van der Waals surface area contributed by atoms with Crippen molar-refractivity contribution >= 4 is 28.7 Å². The zero-order chi connectivity index (χ0) is 19.7. The maximum atomic E-state index is 13.3. The van der Waals surface area contributed by atoms with Gasteiger partial charge in [-0.05, 0) is 47.5 Å². The molecule has 0 saturated carbocycles. The third-order valence-electron chi connectivity index (χ3n) is 4.71. The van der Waals surface area contributed by atoms with Crippen molar-refractivity contribution in [3.05, 3.63) is 84.2 Å². The standard InChI is InChI=1S/C22H18FN5/c1-27(18-5-3-2-4-6-18)21-19-12-9-16(15-7-10-17(23)11-8-15)13-20(19)28(14-24)22(25)26-21/h2-14,24-25H,1H3. The molecule has 1 heterocycles. The van der Waals surface area contributed by atoms with E-state index in [4.69, 9.17) is 10.8 Å². The van der Waals surface area contributed by atoms with E-state index < -0.39 is 0 Å². The van der Waals surface area contributed by atoms with Crippen LogP contribution < -0.4 is 10.5 Å². The first kappa shape index (κ1) is 17.6. The second-order valence-electron chi connectivity index (χ2n) is 6.39. The van der Waals surface area contributed by atoms with Crippen LogP contribution in [0.3, 0.4) is 0 Å². The summed E-state index contributed by atoms with van der Waals surface area (Å²) in [6, 6.07) is 21.8. The summed E-state index contributed by atoms with van der Waals surface area (Å²) < 4.78 is 14.7. The Balaban J connectivity index is 1.94. The van der Waals surface area contributed by atoms with Gasteiger partial charge in [0.25, 0.3) is 0 Å². The van der Waals surface area contributed by atoms with Gasteiger partial charge in [-0.3, -0.25) is 15.4 Å². The van der Waals surface area contributed by atoms with Crippen LogP contribution in [0.4, 0.5) is 15.9 Å². The van der Waals surface area contributed by atoms with E-state index in [0.29, 0.717) is 11.3 Å². The van der Waals surface area contributed by atoms with Gasteiger partial charge in [0, 0.05) is 18.1 Å². The lowest BCUT2D eigenvalue weighted by Crippen LogP contribution is -2.26. The van der Waals surface area contributed by atoms with Crippen LogP contribution in [0.15, 0.2) is 72.8 Å². The molecule has 5 nitrogen and oxygen atoms in total. The van der Waals surface area contributed by atoms with Crippen LogP contribution in [0.5, 0.6) is 0 Å². The third-order valence-corrected chi connectivity index (χ3v) is 4.71. The van der Waals surface area contributed by atoms with E-state index in [1.54, 1.807) is 12.1 Å². The molecule has 1 aromatic heterocycles. The Morgan fingerprint density at radius 2 is 1.64 bits per heavy atom. The maximum Gasteiger partial charge on any atom is 0.229 e. The maximum absolute atomic E-state index is 13.3. The number of para-hydroxylation sites is 1. The Morgan fingerprint density at radius 1 is 0.964 bits per heavy atom. The van der Waals surface area contributed by atoms with E-state index in [0.717, 1.165) is 28.5 Å². The molecule has 4 aromatic rings. The average Bonchev–Trinajstić information content (AvgIpc) is 2.73. The fourth-order valence-corrected chi connectivity index (χ4v) is 3.23. The van der Waals surface area contributed by atoms with E-state index >= 15 is 0 Å². The Labute approximate surface area is 161 Å². The Bertz CT molecular complexity index is 1210. The second-order valence-corrected chi connectivity index (χ2v) is 6.39. The molecule has 0 saturated heterocycles. The molecule has 0 aliphatic rings. The van der Waals surface area contributed by atoms with Crippen LogP contribution in [-0.4, -0.2) is 22.9 Å². The van der Waals surface area contributed by atoms with E-state index in [-0.39, 0.29) is 11.4 Å². The smallest absolute Gasteiger partial charge is 0.229 e. The lowest BCUT2D eigenvalue weighted by Gasteiger charge is -2.21. The second kappa shape index (κ2) is 7.08. The Hall–Kier alpha value is -3.80. The Morgan fingerprint density at radius 3 is 2.32 bits per heavy atom. The third kappa shape index (κ3) is 3.05. The normalized spacial score (nSPS) is 10.8. The van der Waals surface area contributed by atoms with Crippen molar-refractivity contribution in [2.45, 2.75) is 0 Å². The number of benzene rings is 3. The predicted molar refractivity (Wildman–Crippen MR) is 110 cm³/mol. The summed E-state index contributed by atoms with van der Waals surface area (Å²) >= 11 is 0. The number of nitrogens with zero attached hydrogens (tertiary/aromatic N) is 3. The molecular weight excluding hydrogens is 353 g/mol. The highest BCUT2D eigenvalue weighted by Crippen LogP contribution is 2.30. The molecular formula is C22H18FN5. The van der Waals surface area contributed by atoms with Crippen LogP contribution in [0, 0.1) is 16.6 Å². The van der Waals surface area contributed by atoms with Crippen molar-refractivity contribution in [3.8, 4) is 11.1 Å². The first-order valence-corrected chi connectivity index (χ1v) is 8.74. The van der Waals surface area contributed by atoms with Gasteiger partial charge in [-0.25, -0.2) is 4.39 Å². The van der Waals surface area contributed by atoms with Crippen LogP contribution >= 0.6 is 0 Å². The molecule has 4 rings (SSSR count). The fourth-order valence-electron chi connectivity index (χ4n) is 3.23. The number of rotatable bonds is 4. The van der Waals surface area contributed by atoms with Crippen molar-refractivity contribution in [2.75, 3.05) is 11.9 Å². The molecule has 0 amide bonds. The van der Waals surface area contributed by atoms with E-state index in [2.05, 4.69) is 4.98 Å². The van der Waals surface area contributed by atoms with Crippen LogP contribution in [0.2, 0.25) is 0 Å². The van der Waals surface area contributed by atoms with Crippen molar-refractivity contribution in [1.29, 1.82) is 10.8 Å². The summed E-state index contributed by atoms with van der Waals surface area (Å²) in [6.45, 7) is 0. The summed E-state index contributed by atoms with van der Waals surface area (Å²) in [6.07, 6.45) is 1.08. The zero-order valence-corrected chi connectivity index (χ0v) is 15.2. The van der Waals surface area contributed by atoms with E-state index in [9.17, 15) is 4.39 Å². The number of fused-ring (bicyclic) bond motifs is 1. The first-order chi connectivity index (χ1) is 13.6. The molecule has 0 unspecified atom stereocenters. The largest absolute Gasteiger partial charge is 0.329 e. The highest BCUT2D eigenvalue weighted by atomic mass is 19.1. The predicted octanol–water partition coefficient (Wildman–Crippen LogP) is 4.54. The lowest BCUT2D eigenvalue weighted by molar-refractivity contribution is 0.628. The number of anilines is 2. The molecule has 3 aromatic carbocycles. The number of aromatic nitrogens is 2. The van der Waals surface area contributed by atoms with Gasteiger partial charge >= 0.3 is 0 Å². The van der Waals surface area contributed by atoms with E-state index in [1.807, 2.05) is 60.5 Å². The van der Waals surface area contributed by atoms with Gasteiger partial charge in [-0.2, -0.15) is 4.98 Å². The van der Waals surface area contributed by atoms with Gasteiger partial charge < -0.3 is 4.90 Å². The van der Waals surface area contributed by atoms with E-state index in [1.165, 1.54) is 16.7 Å². The minimum absolute atomic E-state index is 0.0310. The molecule has 2 N–H and O–H groups in total. The zero-order valence-electron chi connectivity index (χ0n) is 15.2. The topological polar surface area (TPSA) is 68.8 Å². The highest BCUT2D eigenvalue weighted by molar-refractivity contribution is 5.96. The summed E-state index contributed by atoms with van der Waals surface area (Å²) in [7, 11) is 1.90. The fraction of sp³-hybridized carbons (Fsp3) is 0.0455. The number of hydrogen-bond acceptors (Lipinski definition) is 4. The molecule has 0 spiro atoms. The lowest BCUT2D eigenvalue weighted by atomic mass is 10.0. The van der Waals surface area contributed by atoms with Gasteiger partial charge in [0.2, 0.25) is 5.62 Å². The molecule has 0 fully saturated rings. The molecule has 0 atom stereocenters. The number of hydrogen-bond donors (Lipinski definition) is 2.